The first kappa shape index (κ1) is 19.6. The smallest absolute Gasteiger partial charge is 0.272 e. The molecule has 2 amide bonds. The molecule has 2 N–H and O–H groups in total. The Morgan fingerprint density at radius 1 is 0.857 bits per heavy atom. The second-order valence-corrected chi connectivity index (χ2v) is 7.54. The normalized spacial score (nSPS) is 11.2. The van der Waals surface area contributed by atoms with Gasteiger partial charge in [-0.3, -0.25) is 9.59 Å². The number of anilines is 1. The average Bonchev–Trinajstić information content (AvgIpc) is 3.17. The minimum Gasteiger partial charge on any atom is -0.320 e. The first-order valence-electron chi connectivity index (χ1n) is 8.95. The van der Waals surface area contributed by atoms with Crippen molar-refractivity contribution in [3.05, 3.63) is 92.8 Å². The maximum absolute atomic E-state index is 13.0. The first-order valence-corrected chi connectivity index (χ1v) is 9.83. The van der Waals surface area contributed by atoms with E-state index in [9.17, 15) is 9.59 Å². The summed E-state index contributed by atoms with van der Waals surface area (Å²) in [5.41, 5.74) is 4.29. The molecule has 3 rings (SSSR count). The lowest BCUT2D eigenvalue weighted by molar-refractivity contribution is -0.113. The first-order chi connectivity index (χ1) is 13.5. The number of hydrogen-bond donors (Lipinski definition) is 2. The molecule has 3 aromatic rings. The van der Waals surface area contributed by atoms with Gasteiger partial charge in [-0.15, -0.1) is 11.3 Å². The molecule has 0 aliphatic carbocycles. The molecule has 0 bridgehead atoms. The van der Waals surface area contributed by atoms with Crippen LogP contribution in [0, 0.1) is 20.8 Å². The van der Waals surface area contributed by atoms with Gasteiger partial charge in [0.25, 0.3) is 11.8 Å². The van der Waals surface area contributed by atoms with Crippen LogP contribution in [0.5, 0.6) is 0 Å². The predicted molar refractivity (Wildman–Crippen MR) is 115 cm³/mol. The van der Waals surface area contributed by atoms with Gasteiger partial charge >= 0.3 is 0 Å². The zero-order chi connectivity index (χ0) is 20.1. The van der Waals surface area contributed by atoms with Gasteiger partial charge in [-0.05, 0) is 61.1 Å². The van der Waals surface area contributed by atoms with Crippen LogP contribution >= 0.6 is 11.3 Å². The molecular formula is C23H22N2O2S. The fraction of sp³-hybridized carbons (Fsp3) is 0.130. The van der Waals surface area contributed by atoms with Crippen molar-refractivity contribution in [2.24, 2.45) is 0 Å². The second-order valence-electron chi connectivity index (χ2n) is 6.56. The van der Waals surface area contributed by atoms with E-state index in [4.69, 9.17) is 0 Å². The number of rotatable bonds is 5. The molecule has 5 heteroatoms. The summed E-state index contributed by atoms with van der Waals surface area (Å²) in [6, 6.07) is 16.9. The summed E-state index contributed by atoms with van der Waals surface area (Å²) < 4.78 is 0. The van der Waals surface area contributed by atoms with Crippen molar-refractivity contribution >= 4 is 34.9 Å². The van der Waals surface area contributed by atoms with Gasteiger partial charge in [0.1, 0.15) is 5.70 Å². The summed E-state index contributed by atoms with van der Waals surface area (Å²) in [4.78, 5) is 26.7. The molecule has 28 heavy (non-hydrogen) atoms. The third-order valence-corrected chi connectivity index (χ3v) is 5.25. The number of benzene rings is 2. The topological polar surface area (TPSA) is 58.2 Å². The van der Waals surface area contributed by atoms with E-state index in [1.165, 1.54) is 11.3 Å². The standard InChI is InChI=1S/C23H22N2O2S/c1-15-8-4-5-12-19(15)22(26)24-20(14-18-11-7-13-28-18)23(27)25-21-16(2)9-6-10-17(21)3/h4-14H,1-3H3,(H,24,26)(H,25,27)/b20-14-. The Hall–Kier alpha value is -3.18. The quantitative estimate of drug-likeness (QED) is 0.597. The number of aryl methyl sites for hydroxylation is 3. The Morgan fingerprint density at radius 3 is 2.18 bits per heavy atom. The van der Waals surface area contributed by atoms with Crippen LogP contribution in [0.2, 0.25) is 0 Å². The highest BCUT2D eigenvalue weighted by molar-refractivity contribution is 7.10. The molecule has 0 saturated heterocycles. The number of carbonyl (C=O) groups excluding carboxylic acids is 2. The monoisotopic (exact) mass is 390 g/mol. The Labute approximate surface area is 168 Å². The van der Waals surface area contributed by atoms with E-state index < -0.39 is 0 Å². The summed E-state index contributed by atoms with van der Waals surface area (Å²) in [6.07, 6.45) is 1.70. The number of nitrogens with one attached hydrogen (secondary N) is 2. The molecule has 0 atom stereocenters. The van der Waals surface area contributed by atoms with Crippen LogP contribution < -0.4 is 10.6 Å². The fourth-order valence-electron chi connectivity index (χ4n) is 2.88. The molecule has 1 aromatic heterocycles. The van der Waals surface area contributed by atoms with Gasteiger partial charge < -0.3 is 10.6 Å². The molecule has 0 saturated carbocycles. The molecule has 0 unspecified atom stereocenters. The lowest BCUT2D eigenvalue weighted by Crippen LogP contribution is -2.31. The van der Waals surface area contributed by atoms with Gasteiger partial charge in [0.05, 0.1) is 0 Å². The minimum absolute atomic E-state index is 0.207. The van der Waals surface area contributed by atoms with E-state index in [1.54, 1.807) is 18.2 Å². The SMILES string of the molecule is Cc1ccccc1C(=O)N/C(=C\c1cccs1)C(=O)Nc1c(C)cccc1C. The largest absolute Gasteiger partial charge is 0.320 e. The molecular weight excluding hydrogens is 368 g/mol. The Balaban J connectivity index is 1.90. The third kappa shape index (κ3) is 4.56. The highest BCUT2D eigenvalue weighted by Gasteiger charge is 2.17. The van der Waals surface area contributed by atoms with Crippen LogP contribution in [0.4, 0.5) is 5.69 Å². The maximum atomic E-state index is 13.0. The number of para-hydroxylation sites is 1. The summed E-state index contributed by atoms with van der Waals surface area (Å²) in [6.45, 7) is 5.75. The van der Waals surface area contributed by atoms with Crippen LogP contribution in [0.3, 0.4) is 0 Å². The van der Waals surface area contributed by atoms with Gasteiger partial charge in [-0.1, -0.05) is 42.5 Å². The van der Waals surface area contributed by atoms with E-state index in [2.05, 4.69) is 10.6 Å². The fourth-order valence-corrected chi connectivity index (χ4v) is 3.54. The van der Waals surface area contributed by atoms with Gasteiger partial charge in [0.15, 0.2) is 0 Å². The maximum Gasteiger partial charge on any atom is 0.272 e. The number of hydrogen-bond acceptors (Lipinski definition) is 3. The minimum atomic E-state index is -0.354. The van der Waals surface area contributed by atoms with Crippen LogP contribution in [-0.2, 0) is 4.79 Å². The molecule has 0 radical (unpaired) electrons. The summed E-state index contributed by atoms with van der Waals surface area (Å²) in [5, 5.41) is 7.66. The zero-order valence-electron chi connectivity index (χ0n) is 16.1. The summed E-state index contributed by atoms with van der Waals surface area (Å²) >= 11 is 1.50. The van der Waals surface area contributed by atoms with Gasteiger partial charge in [-0.2, -0.15) is 0 Å². The van der Waals surface area contributed by atoms with Crippen molar-refractivity contribution in [2.45, 2.75) is 20.8 Å². The predicted octanol–water partition coefficient (Wildman–Crippen LogP) is 5.08. The molecule has 0 fully saturated rings. The Kier molecular flexibility index (Phi) is 6.06. The molecule has 2 aromatic carbocycles. The highest BCUT2D eigenvalue weighted by Crippen LogP contribution is 2.21. The lowest BCUT2D eigenvalue weighted by Gasteiger charge is -2.15. The highest BCUT2D eigenvalue weighted by atomic mass is 32.1. The molecule has 1 heterocycles. The van der Waals surface area contributed by atoms with Crippen molar-refractivity contribution < 1.29 is 9.59 Å². The Morgan fingerprint density at radius 2 is 1.54 bits per heavy atom. The van der Waals surface area contributed by atoms with E-state index >= 15 is 0 Å². The van der Waals surface area contributed by atoms with Crippen molar-refractivity contribution in [2.75, 3.05) is 5.32 Å². The average molecular weight is 391 g/mol. The van der Waals surface area contributed by atoms with Gasteiger partial charge in [0, 0.05) is 16.1 Å². The molecule has 0 aliphatic heterocycles. The third-order valence-electron chi connectivity index (χ3n) is 4.43. The number of amides is 2. The lowest BCUT2D eigenvalue weighted by atomic mass is 10.1. The molecule has 0 spiro atoms. The van der Waals surface area contributed by atoms with Gasteiger partial charge in [0.2, 0.25) is 0 Å². The molecule has 142 valence electrons. The van der Waals surface area contributed by atoms with E-state index in [0.717, 1.165) is 27.3 Å². The summed E-state index contributed by atoms with van der Waals surface area (Å²) in [7, 11) is 0. The van der Waals surface area contributed by atoms with Crippen LogP contribution in [0.15, 0.2) is 65.7 Å². The zero-order valence-corrected chi connectivity index (χ0v) is 16.9. The molecule has 4 nitrogen and oxygen atoms in total. The van der Waals surface area contributed by atoms with Crippen LogP contribution in [0.1, 0.15) is 31.9 Å². The van der Waals surface area contributed by atoms with Crippen molar-refractivity contribution in [3.63, 3.8) is 0 Å². The second kappa shape index (κ2) is 8.67. The van der Waals surface area contributed by atoms with Crippen molar-refractivity contribution in [1.82, 2.24) is 5.32 Å². The summed E-state index contributed by atoms with van der Waals surface area (Å²) in [5.74, 6) is -0.662. The number of thiophene rings is 1. The van der Waals surface area contributed by atoms with Crippen LogP contribution in [-0.4, -0.2) is 11.8 Å². The van der Waals surface area contributed by atoms with E-state index in [-0.39, 0.29) is 17.5 Å². The van der Waals surface area contributed by atoms with E-state index in [0.29, 0.717) is 5.56 Å². The van der Waals surface area contributed by atoms with Crippen molar-refractivity contribution in [1.29, 1.82) is 0 Å². The number of carbonyl (C=O) groups is 2. The van der Waals surface area contributed by atoms with Gasteiger partial charge in [-0.25, -0.2) is 0 Å². The van der Waals surface area contributed by atoms with Crippen molar-refractivity contribution in [3.8, 4) is 0 Å². The Bertz CT molecular complexity index is 1020. The molecule has 0 aliphatic rings. The van der Waals surface area contributed by atoms with Crippen LogP contribution in [0.25, 0.3) is 6.08 Å². The van der Waals surface area contributed by atoms with E-state index in [1.807, 2.05) is 68.6 Å².